The number of nitrogens with zero attached hydrogens (tertiary/aromatic N) is 3. The maximum absolute atomic E-state index is 12.7. The number of hydrogen-bond donors (Lipinski definition) is 1. The van der Waals surface area contributed by atoms with E-state index in [1.54, 1.807) is 24.3 Å². The average molecular weight is 437 g/mol. The first-order chi connectivity index (χ1) is 15.0. The van der Waals surface area contributed by atoms with Gasteiger partial charge in [0.1, 0.15) is 5.82 Å². The van der Waals surface area contributed by atoms with Crippen molar-refractivity contribution in [2.45, 2.75) is 32.2 Å². The molecule has 8 heteroatoms. The van der Waals surface area contributed by atoms with E-state index in [1.807, 2.05) is 24.3 Å². The van der Waals surface area contributed by atoms with E-state index in [0.717, 1.165) is 30.0 Å². The summed E-state index contributed by atoms with van der Waals surface area (Å²) in [4.78, 5) is 17.5. The molecule has 0 radical (unpaired) electrons. The summed E-state index contributed by atoms with van der Waals surface area (Å²) < 4.78 is 27.8. The fraction of sp³-hybridized carbons (Fsp3) is 0.304. The Morgan fingerprint density at radius 2 is 1.84 bits per heavy atom. The van der Waals surface area contributed by atoms with Crippen LogP contribution < -0.4 is 9.62 Å². The van der Waals surface area contributed by atoms with Crippen LogP contribution in [0.5, 0.6) is 0 Å². The van der Waals surface area contributed by atoms with Crippen molar-refractivity contribution in [1.82, 2.24) is 9.55 Å². The minimum Gasteiger partial charge on any atom is -0.334 e. The topological polar surface area (TPSA) is 84.3 Å². The first-order valence-corrected chi connectivity index (χ1v) is 12.2. The minimum absolute atomic E-state index is 0.172. The number of hydrogen-bond acceptors (Lipinski definition) is 4. The van der Waals surface area contributed by atoms with Gasteiger partial charge < -0.3 is 9.88 Å². The molecule has 3 aromatic rings. The normalized spacial score (nSPS) is 17.4. The van der Waals surface area contributed by atoms with Crippen molar-refractivity contribution in [3.8, 4) is 11.3 Å². The third-order valence-electron chi connectivity index (χ3n) is 5.84. The van der Waals surface area contributed by atoms with Crippen LogP contribution in [0, 0.1) is 0 Å². The van der Waals surface area contributed by atoms with Crippen molar-refractivity contribution in [3.05, 3.63) is 66.1 Å². The summed E-state index contributed by atoms with van der Waals surface area (Å²) in [5.74, 6) is 1.05. The highest BCUT2D eigenvalue weighted by molar-refractivity contribution is 7.93. The number of carbonyl (C=O) groups is 1. The van der Waals surface area contributed by atoms with Gasteiger partial charge in [0.15, 0.2) is 0 Å². The highest BCUT2D eigenvalue weighted by Gasteiger charge is 2.28. The Balaban J connectivity index is 1.31. The molecule has 31 heavy (non-hydrogen) atoms. The van der Waals surface area contributed by atoms with E-state index in [4.69, 9.17) is 4.98 Å². The van der Waals surface area contributed by atoms with Crippen molar-refractivity contribution < 1.29 is 13.2 Å². The molecule has 0 spiro atoms. The van der Waals surface area contributed by atoms with Gasteiger partial charge in [0.2, 0.25) is 10.0 Å². The van der Waals surface area contributed by atoms with Crippen LogP contribution in [0.15, 0.2) is 54.7 Å². The van der Waals surface area contributed by atoms with Crippen molar-refractivity contribution in [2.75, 3.05) is 21.9 Å². The van der Waals surface area contributed by atoms with E-state index >= 15 is 0 Å². The molecule has 2 aliphatic rings. The molecule has 0 bridgehead atoms. The lowest BCUT2D eigenvalue weighted by atomic mass is 10.1. The number of imidazole rings is 1. The maximum Gasteiger partial charge on any atom is 0.255 e. The van der Waals surface area contributed by atoms with Gasteiger partial charge >= 0.3 is 0 Å². The summed E-state index contributed by atoms with van der Waals surface area (Å²) >= 11 is 0. The predicted octanol–water partition coefficient (Wildman–Crippen LogP) is 3.68. The molecule has 160 valence electrons. The van der Waals surface area contributed by atoms with Crippen LogP contribution in [0.1, 0.15) is 35.4 Å². The smallest absolute Gasteiger partial charge is 0.255 e. The van der Waals surface area contributed by atoms with Gasteiger partial charge in [-0.25, -0.2) is 13.4 Å². The van der Waals surface area contributed by atoms with E-state index < -0.39 is 10.0 Å². The number of aryl methyl sites for hydroxylation is 2. The Bertz CT molecular complexity index is 1210. The molecule has 0 unspecified atom stereocenters. The minimum atomic E-state index is -3.23. The molecule has 2 aliphatic heterocycles. The molecular weight excluding hydrogens is 412 g/mol. The third kappa shape index (κ3) is 3.95. The number of nitrogens with one attached hydrogen (secondary N) is 1. The van der Waals surface area contributed by atoms with E-state index in [9.17, 15) is 13.2 Å². The summed E-state index contributed by atoms with van der Waals surface area (Å²) in [7, 11) is -3.23. The van der Waals surface area contributed by atoms with E-state index in [0.29, 0.717) is 29.9 Å². The average Bonchev–Trinajstić information content (AvgIpc) is 3.36. The molecule has 1 N–H and O–H groups in total. The highest BCUT2D eigenvalue weighted by atomic mass is 32.2. The Hall–Kier alpha value is -3.13. The molecule has 3 heterocycles. The molecule has 7 nitrogen and oxygen atoms in total. The molecule has 1 amide bonds. The first-order valence-electron chi connectivity index (χ1n) is 10.6. The Kier molecular flexibility index (Phi) is 5.02. The van der Waals surface area contributed by atoms with Crippen LogP contribution in [0.4, 0.5) is 11.4 Å². The Morgan fingerprint density at radius 1 is 1.00 bits per heavy atom. The summed E-state index contributed by atoms with van der Waals surface area (Å²) in [6.07, 6.45) is 6.07. The van der Waals surface area contributed by atoms with Gasteiger partial charge in [-0.05, 0) is 55.7 Å². The van der Waals surface area contributed by atoms with Crippen LogP contribution >= 0.6 is 0 Å². The van der Waals surface area contributed by atoms with Crippen LogP contribution in [-0.2, 0) is 23.0 Å². The summed E-state index contributed by atoms with van der Waals surface area (Å²) in [5.41, 5.74) is 3.65. The second kappa shape index (κ2) is 7.85. The SMILES string of the molecule is O=C(Nc1cccc(-c2cn3c(n2)CCCC3)c1)c1ccc(N2CCCS2(=O)=O)cc1. The van der Waals surface area contributed by atoms with Gasteiger partial charge in [0.05, 0.1) is 17.1 Å². The second-order valence-corrected chi connectivity index (χ2v) is 10.0. The van der Waals surface area contributed by atoms with Crippen LogP contribution in [0.3, 0.4) is 0 Å². The molecule has 0 aliphatic carbocycles. The van der Waals surface area contributed by atoms with Crippen LogP contribution in [-0.4, -0.2) is 36.2 Å². The first kappa shape index (κ1) is 19.8. The fourth-order valence-corrected chi connectivity index (χ4v) is 5.78. The Morgan fingerprint density at radius 3 is 2.58 bits per heavy atom. The fourth-order valence-electron chi connectivity index (χ4n) is 4.22. The lowest BCUT2D eigenvalue weighted by Crippen LogP contribution is -2.25. The van der Waals surface area contributed by atoms with Crippen molar-refractivity contribution in [3.63, 3.8) is 0 Å². The van der Waals surface area contributed by atoms with Gasteiger partial charge in [-0.1, -0.05) is 12.1 Å². The van der Waals surface area contributed by atoms with Crippen LogP contribution in [0.2, 0.25) is 0 Å². The largest absolute Gasteiger partial charge is 0.334 e. The lowest BCUT2D eigenvalue weighted by molar-refractivity contribution is 0.102. The number of fused-ring (bicyclic) bond motifs is 1. The number of carbonyl (C=O) groups excluding carboxylic acids is 1. The molecule has 1 saturated heterocycles. The van der Waals surface area contributed by atoms with Crippen molar-refractivity contribution in [1.29, 1.82) is 0 Å². The zero-order valence-corrected chi connectivity index (χ0v) is 17.9. The van der Waals surface area contributed by atoms with E-state index in [1.165, 1.54) is 17.1 Å². The standard InChI is InChI=1S/C23H24N4O3S/c28-23(17-8-10-20(11-9-17)27-13-4-14-31(27,29)30)24-19-6-3-5-18(15-19)21-16-26-12-2-1-7-22(26)25-21/h3,5-6,8-11,15-16H,1-2,4,7,12-14H2,(H,24,28). The van der Waals surface area contributed by atoms with Crippen molar-refractivity contribution >= 4 is 27.3 Å². The van der Waals surface area contributed by atoms with E-state index in [2.05, 4.69) is 16.1 Å². The van der Waals surface area contributed by atoms with Gasteiger partial charge in [-0.3, -0.25) is 9.10 Å². The number of anilines is 2. The summed E-state index contributed by atoms with van der Waals surface area (Å²) in [6, 6.07) is 14.4. The number of aromatic nitrogens is 2. The zero-order chi connectivity index (χ0) is 21.4. The number of amides is 1. The monoisotopic (exact) mass is 436 g/mol. The molecule has 1 aromatic heterocycles. The Labute approximate surface area is 181 Å². The van der Waals surface area contributed by atoms with Gasteiger partial charge in [0.25, 0.3) is 5.91 Å². The zero-order valence-electron chi connectivity index (χ0n) is 17.1. The number of rotatable bonds is 4. The van der Waals surface area contributed by atoms with Gasteiger partial charge in [-0.2, -0.15) is 0 Å². The maximum atomic E-state index is 12.7. The molecule has 0 atom stereocenters. The lowest BCUT2D eigenvalue weighted by Gasteiger charge is -2.17. The van der Waals surface area contributed by atoms with Crippen molar-refractivity contribution in [2.24, 2.45) is 0 Å². The van der Waals surface area contributed by atoms with E-state index in [-0.39, 0.29) is 11.7 Å². The molecule has 5 rings (SSSR count). The van der Waals surface area contributed by atoms with Crippen LogP contribution in [0.25, 0.3) is 11.3 Å². The summed E-state index contributed by atoms with van der Waals surface area (Å²) in [6.45, 7) is 1.49. The van der Waals surface area contributed by atoms with Gasteiger partial charge in [0, 0.05) is 42.5 Å². The molecule has 2 aromatic carbocycles. The summed E-state index contributed by atoms with van der Waals surface area (Å²) in [5, 5.41) is 2.93. The molecule has 1 fully saturated rings. The molecular formula is C23H24N4O3S. The second-order valence-electron chi connectivity index (χ2n) is 8.02. The van der Waals surface area contributed by atoms with Gasteiger partial charge in [-0.15, -0.1) is 0 Å². The number of benzene rings is 2. The molecule has 0 saturated carbocycles. The highest BCUT2D eigenvalue weighted by Crippen LogP contribution is 2.26. The third-order valence-corrected chi connectivity index (χ3v) is 7.71. The quantitative estimate of drug-likeness (QED) is 0.676. The number of sulfonamides is 1. The predicted molar refractivity (Wildman–Crippen MR) is 121 cm³/mol.